The predicted octanol–water partition coefficient (Wildman–Crippen LogP) is 4.27. The van der Waals surface area contributed by atoms with E-state index < -0.39 is 5.92 Å². The summed E-state index contributed by atoms with van der Waals surface area (Å²) >= 11 is 0. The molecule has 6 heteroatoms. The number of rotatable bonds is 7. The lowest BCUT2D eigenvalue weighted by atomic mass is 9.95. The van der Waals surface area contributed by atoms with Gasteiger partial charge in [-0.2, -0.15) is 0 Å². The average molecular weight is 410 g/mol. The van der Waals surface area contributed by atoms with E-state index in [1.54, 1.807) is 6.92 Å². The molecular formula is C24H31N3O3. The largest absolute Gasteiger partial charge is 0.372 e. The van der Waals surface area contributed by atoms with Crippen molar-refractivity contribution in [2.45, 2.75) is 47.6 Å². The van der Waals surface area contributed by atoms with Crippen LogP contribution in [-0.2, 0) is 9.53 Å². The van der Waals surface area contributed by atoms with Crippen molar-refractivity contribution in [3.8, 4) is 0 Å². The van der Waals surface area contributed by atoms with E-state index >= 15 is 0 Å². The number of allylic oxidation sites excluding steroid dienone is 1. The van der Waals surface area contributed by atoms with E-state index in [1.165, 1.54) is 0 Å². The van der Waals surface area contributed by atoms with Crippen LogP contribution in [0.25, 0.3) is 5.52 Å². The summed E-state index contributed by atoms with van der Waals surface area (Å²) in [5.74, 6) is -0.388. The van der Waals surface area contributed by atoms with Gasteiger partial charge in [-0.25, -0.2) is 4.99 Å². The second-order valence-electron chi connectivity index (χ2n) is 8.48. The van der Waals surface area contributed by atoms with Crippen molar-refractivity contribution < 1.29 is 14.3 Å². The molecule has 0 bridgehead atoms. The lowest BCUT2D eigenvalue weighted by Gasteiger charge is -2.22. The van der Waals surface area contributed by atoms with Gasteiger partial charge in [-0.15, -0.1) is 0 Å². The quantitative estimate of drug-likeness (QED) is 0.742. The normalized spacial score (nSPS) is 17.8. The zero-order valence-electron chi connectivity index (χ0n) is 18.7. The number of hydrogen-bond acceptors (Lipinski definition) is 3. The summed E-state index contributed by atoms with van der Waals surface area (Å²) in [6, 6.07) is 5.82. The Morgan fingerprint density at radius 1 is 1.27 bits per heavy atom. The molecule has 2 aromatic rings. The highest BCUT2D eigenvalue weighted by Gasteiger charge is 2.25. The number of aromatic nitrogens is 1. The van der Waals surface area contributed by atoms with Crippen LogP contribution in [0.15, 0.2) is 41.0 Å². The number of carbonyl (C=O) groups excluding carboxylic acids is 2. The van der Waals surface area contributed by atoms with Gasteiger partial charge in [0.25, 0.3) is 11.8 Å². The Kier molecular flexibility index (Phi) is 6.56. The standard InChI is InChI=1S/C24H31N3O3/c1-14(2)13-30-18(6)22-17(5)20(11-19-8-7-9-27(19)22)23(28)25-12-21-15(3)10-16(4)26-24(21)29/h7-11,14,18,21H,12-13H2,1-6H3,(H,25,28). The van der Waals surface area contributed by atoms with Crippen LogP contribution in [0.2, 0.25) is 0 Å². The third kappa shape index (κ3) is 4.54. The summed E-state index contributed by atoms with van der Waals surface area (Å²) in [4.78, 5) is 29.3. The molecule has 1 aliphatic heterocycles. The Hall–Kier alpha value is -2.73. The van der Waals surface area contributed by atoms with Crippen LogP contribution in [0.4, 0.5) is 0 Å². The van der Waals surface area contributed by atoms with E-state index in [0.717, 1.165) is 22.3 Å². The number of ether oxygens (including phenoxy) is 1. The lowest BCUT2D eigenvalue weighted by molar-refractivity contribution is -0.120. The zero-order valence-corrected chi connectivity index (χ0v) is 18.7. The molecule has 0 aliphatic carbocycles. The maximum atomic E-state index is 13.1. The monoisotopic (exact) mass is 409 g/mol. The number of aliphatic imine (C=N–C) groups is 1. The summed E-state index contributed by atoms with van der Waals surface area (Å²) in [5, 5.41) is 2.94. The first kappa shape index (κ1) is 22.0. The second kappa shape index (κ2) is 8.96. The van der Waals surface area contributed by atoms with Gasteiger partial charge in [0.1, 0.15) is 0 Å². The Labute approximate surface area is 178 Å². The molecule has 160 valence electrons. The van der Waals surface area contributed by atoms with Crippen LogP contribution in [-0.4, -0.2) is 35.1 Å². The number of hydrogen-bond donors (Lipinski definition) is 1. The van der Waals surface area contributed by atoms with E-state index in [2.05, 4.69) is 28.6 Å². The molecule has 30 heavy (non-hydrogen) atoms. The molecule has 2 aromatic heterocycles. The fourth-order valence-electron chi connectivity index (χ4n) is 3.91. The van der Waals surface area contributed by atoms with E-state index in [0.29, 0.717) is 23.8 Å². The highest BCUT2D eigenvalue weighted by Crippen LogP contribution is 2.27. The van der Waals surface area contributed by atoms with E-state index in [9.17, 15) is 9.59 Å². The Morgan fingerprint density at radius 2 is 2.00 bits per heavy atom. The third-order valence-corrected chi connectivity index (χ3v) is 5.47. The maximum absolute atomic E-state index is 13.1. The van der Waals surface area contributed by atoms with Crippen LogP contribution in [0, 0.1) is 18.8 Å². The average Bonchev–Trinajstić information content (AvgIpc) is 3.12. The lowest BCUT2D eigenvalue weighted by Crippen LogP contribution is -2.35. The van der Waals surface area contributed by atoms with E-state index in [1.807, 2.05) is 51.2 Å². The Bertz CT molecular complexity index is 1030. The van der Waals surface area contributed by atoms with Gasteiger partial charge in [-0.3, -0.25) is 9.59 Å². The second-order valence-corrected chi connectivity index (χ2v) is 8.48. The number of pyridine rings is 1. The van der Waals surface area contributed by atoms with Gasteiger partial charge in [-0.05, 0) is 63.5 Å². The van der Waals surface area contributed by atoms with Crippen molar-refractivity contribution in [3.63, 3.8) is 0 Å². The van der Waals surface area contributed by atoms with Gasteiger partial charge >= 0.3 is 0 Å². The fourth-order valence-corrected chi connectivity index (χ4v) is 3.91. The van der Waals surface area contributed by atoms with E-state index in [-0.39, 0.29) is 24.5 Å². The Balaban J connectivity index is 1.85. The molecule has 3 heterocycles. The topological polar surface area (TPSA) is 72.2 Å². The van der Waals surface area contributed by atoms with Crippen molar-refractivity contribution in [3.05, 3.63) is 52.9 Å². The van der Waals surface area contributed by atoms with Crippen LogP contribution >= 0.6 is 0 Å². The molecule has 0 radical (unpaired) electrons. The minimum Gasteiger partial charge on any atom is -0.372 e. The number of fused-ring (bicyclic) bond motifs is 1. The minimum absolute atomic E-state index is 0.155. The van der Waals surface area contributed by atoms with Crippen LogP contribution in [0.1, 0.15) is 62.3 Å². The van der Waals surface area contributed by atoms with Gasteiger partial charge in [0.15, 0.2) is 0 Å². The summed E-state index contributed by atoms with van der Waals surface area (Å²) in [6.45, 7) is 12.8. The van der Waals surface area contributed by atoms with Crippen molar-refractivity contribution >= 4 is 23.0 Å². The summed E-state index contributed by atoms with van der Waals surface area (Å²) in [6.07, 6.45) is 3.73. The third-order valence-electron chi connectivity index (χ3n) is 5.47. The van der Waals surface area contributed by atoms with Gasteiger partial charge in [0, 0.05) is 36.1 Å². The molecule has 2 atom stereocenters. The molecule has 0 saturated heterocycles. The molecule has 3 rings (SSSR count). The first-order valence-electron chi connectivity index (χ1n) is 10.5. The minimum atomic E-state index is -0.414. The maximum Gasteiger partial charge on any atom is 0.254 e. The van der Waals surface area contributed by atoms with Gasteiger partial charge in [0.05, 0.1) is 17.7 Å². The molecule has 0 spiro atoms. The van der Waals surface area contributed by atoms with Crippen LogP contribution < -0.4 is 5.32 Å². The smallest absolute Gasteiger partial charge is 0.254 e. The van der Waals surface area contributed by atoms with Crippen molar-refractivity contribution in [1.29, 1.82) is 0 Å². The summed E-state index contributed by atoms with van der Waals surface area (Å²) in [5.41, 5.74) is 5.00. The molecule has 6 nitrogen and oxygen atoms in total. The molecule has 2 unspecified atom stereocenters. The fraction of sp³-hybridized carbons (Fsp3) is 0.458. The molecule has 1 aliphatic rings. The first-order chi connectivity index (χ1) is 14.2. The Morgan fingerprint density at radius 3 is 2.67 bits per heavy atom. The number of carbonyl (C=O) groups is 2. The highest BCUT2D eigenvalue weighted by molar-refractivity contribution is 6.06. The van der Waals surface area contributed by atoms with Crippen molar-refractivity contribution in [2.75, 3.05) is 13.2 Å². The number of nitrogens with one attached hydrogen (secondary N) is 1. The molecule has 0 aromatic carbocycles. The first-order valence-corrected chi connectivity index (χ1v) is 10.5. The van der Waals surface area contributed by atoms with Crippen LogP contribution in [0.5, 0.6) is 0 Å². The molecule has 0 fully saturated rings. The van der Waals surface area contributed by atoms with Crippen molar-refractivity contribution in [2.24, 2.45) is 16.8 Å². The van der Waals surface area contributed by atoms with Gasteiger partial charge < -0.3 is 14.5 Å². The summed E-state index contributed by atoms with van der Waals surface area (Å²) in [7, 11) is 0. The molecule has 2 amide bonds. The molecule has 1 N–H and O–H groups in total. The van der Waals surface area contributed by atoms with Gasteiger partial charge in [0.2, 0.25) is 0 Å². The molecule has 0 saturated carbocycles. The molecular weight excluding hydrogens is 378 g/mol. The SMILES string of the molecule is CC1=CC(C)=NC(=O)C1CNC(=O)c1cc2cccn2c(C(C)OCC(C)C)c1C. The highest BCUT2D eigenvalue weighted by atomic mass is 16.5. The van der Waals surface area contributed by atoms with Crippen molar-refractivity contribution in [1.82, 2.24) is 9.72 Å². The number of amides is 2. The van der Waals surface area contributed by atoms with Gasteiger partial charge in [-0.1, -0.05) is 19.4 Å². The van der Waals surface area contributed by atoms with E-state index in [4.69, 9.17) is 4.74 Å². The predicted molar refractivity (Wildman–Crippen MR) is 119 cm³/mol. The number of dihydropyridines is 1. The summed E-state index contributed by atoms with van der Waals surface area (Å²) < 4.78 is 8.13. The van der Waals surface area contributed by atoms with Crippen LogP contribution in [0.3, 0.4) is 0 Å². The zero-order chi connectivity index (χ0) is 22.0. The number of nitrogens with zero attached hydrogens (tertiary/aromatic N) is 2.